The Bertz CT molecular complexity index is 1390. The Hall–Kier alpha value is -4.04. The third-order valence-electron chi connectivity index (χ3n) is 4.84. The first-order valence-corrected chi connectivity index (χ1v) is 9.75. The van der Waals surface area contributed by atoms with Crippen LogP contribution in [0.5, 0.6) is 0 Å². The summed E-state index contributed by atoms with van der Waals surface area (Å²) in [4.78, 5) is 15.2. The number of hydrogen-bond donors (Lipinski definition) is 0. The molecule has 0 fully saturated rings. The molecule has 0 amide bonds. The van der Waals surface area contributed by atoms with Gasteiger partial charge in [-0.05, 0) is 48.5 Å². The SMILES string of the molecule is O=[N+]([O-])c1ccc(-c2nnc(Cn3c(-c4ccc(Cl)cc4)nc4ccccc43)o2)cc1. The fourth-order valence-corrected chi connectivity index (χ4v) is 3.48. The van der Waals surface area contributed by atoms with Gasteiger partial charge in [0, 0.05) is 28.3 Å². The number of nitrogens with zero attached hydrogens (tertiary/aromatic N) is 5. The lowest BCUT2D eigenvalue weighted by Crippen LogP contribution is -2.02. The molecular weight excluding hydrogens is 418 g/mol. The average Bonchev–Trinajstić information content (AvgIpc) is 3.40. The Balaban J connectivity index is 1.51. The minimum atomic E-state index is -0.453. The topological polar surface area (TPSA) is 99.9 Å². The van der Waals surface area contributed by atoms with E-state index in [-0.39, 0.29) is 5.69 Å². The van der Waals surface area contributed by atoms with E-state index in [1.54, 1.807) is 12.1 Å². The van der Waals surface area contributed by atoms with Crippen molar-refractivity contribution in [2.24, 2.45) is 0 Å². The maximum Gasteiger partial charge on any atom is 0.269 e. The van der Waals surface area contributed by atoms with Gasteiger partial charge in [0.2, 0.25) is 11.8 Å². The highest BCUT2D eigenvalue weighted by Gasteiger charge is 2.17. The van der Waals surface area contributed by atoms with E-state index < -0.39 is 4.92 Å². The van der Waals surface area contributed by atoms with Gasteiger partial charge in [0.15, 0.2) is 0 Å². The first-order valence-electron chi connectivity index (χ1n) is 9.37. The smallest absolute Gasteiger partial charge is 0.269 e. The van der Waals surface area contributed by atoms with Crippen molar-refractivity contribution < 1.29 is 9.34 Å². The van der Waals surface area contributed by atoms with E-state index in [1.165, 1.54) is 12.1 Å². The number of halogens is 1. The van der Waals surface area contributed by atoms with Gasteiger partial charge in [0.25, 0.3) is 5.69 Å². The van der Waals surface area contributed by atoms with Gasteiger partial charge >= 0.3 is 0 Å². The monoisotopic (exact) mass is 431 g/mol. The second-order valence-electron chi connectivity index (χ2n) is 6.82. The van der Waals surface area contributed by atoms with Crippen LogP contribution in [-0.2, 0) is 6.54 Å². The Labute approximate surface area is 180 Å². The van der Waals surface area contributed by atoms with Crippen molar-refractivity contribution >= 4 is 28.3 Å². The molecule has 5 rings (SSSR count). The third kappa shape index (κ3) is 3.64. The lowest BCUT2D eigenvalue weighted by Gasteiger charge is -2.07. The molecule has 0 aliphatic carbocycles. The molecule has 0 bridgehead atoms. The fourth-order valence-electron chi connectivity index (χ4n) is 3.35. The number of benzene rings is 3. The molecule has 152 valence electrons. The highest BCUT2D eigenvalue weighted by Crippen LogP contribution is 2.28. The maximum atomic E-state index is 10.8. The van der Waals surface area contributed by atoms with E-state index in [2.05, 4.69) is 10.2 Å². The van der Waals surface area contributed by atoms with Crippen LogP contribution in [0.25, 0.3) is 33.9 Å². The number of aromatic nitrogens is 4. The second kappa shape index (κ2) is 7.66. The summed E-state index contributed by atoms with van der Waals surface area (Å²) >= 11 is 6.04. The van der Waals surface area contributed by atoms with Crippen molar-refractivity contribution in [2.45, 2.75) is 6.54 Å². The van der Waals surface area contributed by atoms with Crippen molar-refractivity contribution in [1.29, 1.82) is 0 Å². The first-order chi connectivity index (χ1) is 15.1. The zero-order valence-electron chi connectivity index (χ0n) is 16.0. The number of nitro groups is 1. The summed E-state index contributed by atoms with van der Waals surface area (Å²) in [6, 6.07) is 21.3. The molecule has 0 spiro atoms. The van der Waals surface area contributed by atoms with Crippen molar-refractivity contribution in [3.05, 3.63) is 93.8 Å². The van der Waals surface area contributed by atoms with Crippen LogP contribution >= 0.6 is 11.6 Å². The van der Waals surface area contributed by atoms with E-state index in [1.807, 2.05) is 53.1 Å². The molecule has 9 heteroatoms. The number of para-hydroxylation sites is 2. The quantitative estimate of drug-likeness (QED) is 0.274. The summed E-state index contributed by atoms with van der Waals surface area (Å²) in [5.41, 5.74) is 3.31. The summed E-state index contributed by atoms with van der Waals surface area (Å²) in [5, 5.41) is 19.8. The molecule has 5 aromatic rings. The second-order valence-corrected chi connectivity index (χ2v) is 7.26. The number of fused-ring (bicyclic) bond motifs is 1. The number of rotatable bonds is 5. The van der Waals surface area contributed by atoms with Gasteiger partial charge in [-0.1, -0.05) is 23.7 Å². The average molecular weight is 432 g/mol. The van der Waals surface area contributed by atoms with Crippen LogP contribution in [0, 0.1) is 10.1 Å². The predicted octanol–water partition coefficient (Wildman–Crippen LogP) is 5.36. The number of hydrogen-bond acceptors (Lipinski definition) is 6. The first kappa shape index (κ1) is 19.0. The Morgan fingerprint density at radius 3 is 2.39 bits per heavy atom. The van der Waals surface area contributed by atoms with Crippen molar-refractivity contribution in [3.8, 4) is 22.8 Å². The molecule has 0 atom stereocenters. The number of non-ortho nitro benzene ring substituents is 1. The number of imidazole rings is 1. The van der Waals surface area contributed by atoms with Gasteiger partial charge in [-0.15, -0.1) is 10.2 Å². The Morgan fingerprint density at radius 1 is 0.935 bits per heavy atom. The zero-order chi connectivity index (χ0) is 21.4. The summed E-state index contributed by atoms with van der Waals surface area (Å²) in [7, 11) is 0. The normalized spacial score (nSPS) is 11.1. The molecular formula is C22H14ClN5O3. The Morgan fingerprint density at radius 2 is 1.65 bits per heavy atom. The van der Waals surface area contributed by atoms with Crippen LogP contribution in [-0.4, -0.2) is 24.7 Å². The maximum absolute atomic E-state index is 10.8. The number of nitro benzene ring substituents is 1. The molecule has 3 aromatic carbocycles. The van der Waals surface area contributed by atoms with Gasteiger partial charge in [-0.25, -0.2) is 4.98 Å². The molecule has 0 N–H and O–H groups in total. The molecule has 0 aliphatic rings. The van der Waals surface area contributed by atoms with Gasteiger partial charge in [-0.2, -0.15) is 0 Å². The van der Waals surface area contributed by atoms with E-state index >= 15 is 0 Å². The van der Waals surface area contributed by atoms with Gasteiger partial charge in [0.05, 0.1) is 16.0 Å². The van der Waals surface area contributed by atoms with E-state index in [0.29, 0.717) is 28.9 Å². The predicted molar refractivity (Wildman–Crippen MR) is 116 cm³/mol. The van der Waals surface area contributed by atoms with Gasteiger partial charge < -0.3 is 8.98 Å². The van der Waals surface area contributed by atoms with Crippen LogP contribution < -0.4 is 0 Å². The summed E-state index contributed by atoms with van der Waals surface area (Å²) in [6.07, 6.45) is 0. The van der Waals surface area contributed by atoms with E-state index in [9.17, 15) is 10.1 Å². The van der Waals surface area contributed by atoms with Crippen molar-refractivity contribution in [3.63, 3.8) is 0 Å². The standard InChI is InChI=1S/C22H14ClN5O3/c23-16-9-5-14(6-10-16)21-24-18-3-1-2-4-19(18)27(21)13-20-25-26-22(31-20)15-7-11-17(12-8-15)28(29)30/h1-12H,13H2. The largest absolute Gasteiger partial charge is 0.419 e. The van der Waals surface area contributed by atoms with E-state index in [4.69, 9.17) is 21.0 Å². The van der Waals surface area contributed by atoms with Crippen LogP contribution in [0.3, 0.4) is 0 Å². The summed E-state index contributed by atoms with van der Waals surface area (Å²) in [5.74, 6) is 1.45. The molecule has 2 aromatic heterocycles. The zero-order valence-corrected chi connectivity index (χ0v) is 16.7. The summed E-state index contributed by atoms with van der Waals surface area (Å²) in [6.45, 7) is 0.318. The molecule has 31 heavy (non-hydrogen) atoms. The molecule has 0 saturated heterocycles. The van der Waals surface area contributed by atoms with Crippen LogP contribution in [0.15, 0.2) is 77.2 Å². The molecule has 8 nitrogen and oxygen atoms in total. The van der Waals surface area contributed by atoms with Crippen molar-refractivity contribution in [1.82, 2.24) is 19.7 Å². The van der Waals surface area contributed by atoms with Gasteiger partial charge in [0.1, 0.15) is 12.4 Å². The molecule has 0 radical (unpaired) electrons. The van der Waals surface area contributed by atoms with Crippen LogP contribution in [0.1, 0.15) is 5.89 Å². The lowest BCUT2D eigenvalue weighted by atomic mass is 10.2. The van der Waals surface area contributed by atoms with Gasteiger partial charge in [-0.3, -0.25) is 10.1 Å². The van der Waals surface area contributed by atoms with E-state index in [0.717, 1.165) is 22.4 Å². The lowest BCUT2D eigenvalue weighted by molar-refractivity contribution is -0.384. The fraction of sp³-hybridized carbons (Fsp3) is 0.0455. The minimum absolute atomic E-state index is 0.000908. The minimum Gasteiger partial charge on any atom is -0.419 e. The molecule has 0 aliphatic heterocycles. The highest BCUT2D eigenvalue weighted by atomic mass is 35.5. The molecule has 0 unspecified atom stereocenters. The molecule has 0 saturated carbocycles. The summed E-state index contributed by atoms with van der Waals surface area (Å²) < 4.78 is 7.85. The van der Waals surface area contributed by atoms with Crippen LogP contribution in [0.4, 0.5) is 5.69 Å². The van der Waals surface area contributed by atoms with Crippen molar-refractivity contribution in [2.75, 3.05) is 0 Å². The highest BCUT2D eigenvalue weighted by molar-refractivity contribution is 6.30. The molecule has 2 heterocycles. The third-order valence-corrected chi connectivity index (χ3v) is 5.09. The Kier molecular flexibility index (Phi) is 4.68. The van der Waals surface area contributed by atoms with Crippen LogP contribution in [0.2, 0.25) is 5.02 Å².